The first-order valence-electron chi connectivity index (χ1n) is 10.4. The number of hydrogen-bond acceptors (Lipinski definition) is 3. The molecule has 0 saturated heterocycles. The fourth-order valence-electron chi connectivity index (χ4n) is 3.32. The van der Waals surface area contributed by atoms with E-state index in [-0.39, 0.29) is 18.2 Å². The van der Waals surface area contributed by atoms with Gasteiger partial charge in [0, 0.05) is 18.1 Å². The third-order valence-electron chi connectivity index (χ3n) is 4.95. The molecule has 0 aliphatic heterocycles. The van der Waals surface area contributed by atoms with Gasteiger partial charge in [-0.2, -0.15) is 0 Å². The largest absolute Gasteiger partial charge is 0.497 e. The van der Waals surface area contributed by atoms with Crippen molar-refractivity contribution < 1.29 is 14.3 Å². The van der Waals surface area contributed by atoms with Gasteiger partial charge in [0.15, 0.2) is 0 Å². The van der Waals surface area contributed by atoms with Gasteiger partial charge in [-0.25, -0.2) is 0 Å². The van der Waals surface area contributed by atoms with Gasteiger partial charge in [-0.3, -0.25) is 9.59 Å². The number of amides is 2. The predicted octanol–water partition coefficient (Wildman–Crippen LogP) is 4.61. The monoisotopic (exact) mass is 430 g/mol. The zero-order valence-electron chi connectivity index (χ0n) is 18.0. The van der Waals surface area contributed by atoms with Crippen molar-refractivity contribution in [3.8, 4) is 5.75 Å². The molecule has 6 heteroatoms. The molecule has 162 valence electrons. The number of nitrogens with zero attached hydrogens (tertiary/aromatic N) is 1. The molecular weight excluding hydrogens is 400 g/mol. The van der Waals surface area contributed by atoms with E-state index in [0.29, 0.717) is 24.5 Å². The van der Waals surface area contributed by atoms with E-state index in [9.17, 15) is 9.59 Å². The number of unbranched alkanes of at least 4 members (excludes halogenated alkanes) is 1. The summed E-state index contributed by atoms with van der Waals surface area (Å²) in [6, 6.07) is 14.3. The number of nitrogens with one attached hydrogen (secondary N) is 1. The van der Waals surface area contributed by atoms with Crippen LogP contribution in [0.15, 0.2) is 48.5 Å². The Morgan fingerprint density at radius 1 is 1.10 bits per heavy atom. The minimum atomic E-state index is -0.542. The minimum Gasteiger partial charge on any atom is -0.497 e. The molecule has 0 bridgehead atoms. The van der Waals surface area contributed by atoms with E-state index in [1.54, 1.807) is 24.1 Å². The predicted molar refractivity (Wildman–Crippen MR) is 121 cm³/mol. The summed E-state index contributed by atoms with van der Waals surface area (Å²) in [5.41, 5.74) is 1.73. The van der Waals surface area contributed by atoms with Crippen molar-refractivity contribution in [2.24, 2.45) is 0 Å². The van der Waals surface area contributed by atoms with Crippen LogP contribution in [0.25, 0.3) is 0 Å². The van der Waals surface area contributed by atoms with E-state index in [2.05, 4.69) is 12.2 Å². The molecule has 5 nitrogen and oxygen atoms in total. The van der Waals surface area contributed by atoms with Gasteiger partial charge in [0.2, 0.25) is 11.8 Å². The number of methoxy groups -OCH3 is 1. The zero-order chi connectivity index (χ0) is 21.9. The molecule has 0 aliphatic carbocycles. The fraction of sp³-hybridized carbons (Fsp3) is 0.417. The summed E-state index contributed by atoms with van der Waals surface area (Å²) in [6.45, 7) is 4.94. The average molecular weight is 431 g/mol. The molecule has 0 radical (unpaired) electrons. The maximum Gasteiger partial charge on any atom is 0.242 e. The number of rotatable bonds is 11. The van der Waals surface area contributed by atoms with Crippen LogP contribution in [0.2, 0.25) is 5.02 Å². The standard InChI is InChI=1S/C24H31ClN2O3/c1-4-6-13-26-24(29)22(5-2)27(17-19-10-8-12-21(15-19)30-3)23(28)16-18-9-7-11-20(25)14-18/h7-12,14-15,22H,4-6,13,16-17H2,1-3H3,(H,26,29)/t22-/m1/s1. The van der Waals surface area contributed by atoms with Gasteiger partial charge in [0.05, 0.1) is 13.5 Å². The van der Waals surface area contributed by atoms with Crippen molar-refractivity contribution in [2.75, 3.05) is 13.7 Å². The Bertz CT molecular complexity index is 841. The quantitative estimate of drug-likeness (QED) is 0.529. The van der Waals surface area contributed by atoms with Crippen LogP contribution in [0.3, 0.4) is 0 Å². The molecule has 1 atom stereocenters. The lowest BCUT2D eigenvalue weighted by Crippen LogP contribution is -2.49. The number of carbonyl (C=O) groups is 2. The molecule has 2 rings (SSSR count). The van der Waals surface area contributed by atoms with Crippen LogP contribution in [0.4, 0.5) is 0 Å². The lowest BCUT2D eigenvalue weighted by molar-refractivity contribution is -0.140. The maximum atomic E-state index is 13.3. The highest BCUT2D eigenvalue weighted by atomic mass is 35.5. The Morgan fingerprint density at radius 3 is 2.50 bits per heavy atom. The summed E-state index contributed by atoms with van der Waals surface area (Å²) in [4.78, 5) is 27.8. The second kappa shape index (κ2) is 12.2. The molecule has 0 saturated carbocycles. The summed E-state index contributed by atoms with van der Waals surface area (Å²) in [5, 5.41) is 3.56. The van der Waals surface area contributed by atoms with Crippen molar-refractivity contribution in [2.45, 2.75) is 52.1 Å². The molecular formula is C24H31ClN2O3. The van der Waals surface area contributed by atoms with E-state index in [1.165, 1.54) is 0 Å². The molecule has 2 aromatic carbocycles. The summed E-state index contributed by atoms with van der Waals surface area (Å²) in [5.74, 6) is 0.487. The highest BCUT2D eigenvalue weighted by Crippen LogP contribution is 2.19. The van der Waals surface area contributed by atoms with E-state index >= 15 is 0 Å². The first-order valence-corrected chi connectivity index (χ1v) is 10.8. The topological polar surface area (TPSA) is 58.6 Å². The maximum absolute atomic E-state index is 13.3. The zero-order valence-corrected chi connectivity index (χ0v) is 18.7. The van der Waals surface area contributed by atoms with Crippen LogP contribution in [0.1, 0.15) is 44.2 Å². The Kier molecular flexibility index (Phi) is 9.68. The van der Waals surface area contributed by atoms with Gasteiger partial charge in [-0.1, -0.05) is 56.1 Å². The lowest BCUT2D eigenvalue weighted by atomic mass is 10.1. The van der Waals surface area contributed by atoms with Gasteiger partial charge < -0.3 is 15.0 Å². The van der Waals surface area contributed by atoms with Gasteiger partial charge in [0.25, 0.3) is 0 Å². The third-order valence-corrected chi connectivity index (χ3v) is 5.18. The van der Waals surface area contributed by atoms with Crippen LogP contribution in [0, 0.1) is 0 Å². The Hall–Kier alpha value is -2.53. The van der Waals surface area contributed by atoms with Crippen molar-refractivity contribution >= 4 is 23.4 Å². The molecule has 0 aliphatic rings. The van der Waals surface area contributed by atoms with Crippen LogP contribution < -0.4 is 10.1 Å². The van der Waals surface area contributed by atoms with Crippen molar-refractivity contribution in [1.82, 2.24) is 10.2 Å². The molecule has 0 aromatic heterocycles. The molecule has 0 heterocycles. The van der Waals surface area contributed by atoms with Crippen LogP contribution in [0.5, 0.6) is 5.75 Å². The summed E-state index contributed by atoms with van der Waals surface area (Å²) in [6.07, 6.45) is 2.62. The van der Waals surface area contributed by atoms with Crippen LogP contribution >= 0.6 is 11.6 Å². The fourth-order valence-corrected chi connectivity index (χ4v) is 3.53. The number of hydrogen-bond donors (Lipinski definition) is 1. The van der Waals surface area contributed by atoms with Crippen molar-refractivity contribution in [1.29, 1.82) is 0 Å². The second-order valence-corrected chi connectivity index (χ2v) is 7.68. The molecule has 0 unspecified atom stereocenters. The Morgan fingerprint density at radius 2 is 1.83 bits per heavy atom. The Labute approximate surface area is 184 Å². The van der Waals surface area contributed by atoms with Gasteiger partial charge >= 0.3 is 0 Å². The molecule has 0 spiro atoms. The molecule has 1 N–H and O–H groups in total. The van der Waals surface area contributed by atoms with E-state index < -0.39 is 6.04 Å². The van der Waals surface area contributed by atoms with E-state index in [4.69, 9.17) is 16.3 Å². The second-order valence-electron chi connectivity index (χ2n) is 7.25. The lowest BCUT2D eigenvalue weighted by Gasteiger charge is -2.31. The summed E-state index contributed by atoms with van der Waals surface area (Å²) in [7, 11) is 1.61. The molecule has 30 heavy (non-hydrogen) atoms. The minimum absolute atomic E-state index is 0.113. The summed E-state index contributed by atoms with van der Waals surface area (Å²) >= 11 is 6.08. The SMILES string of the molecule is CCCCNC(=O)[C@@H](CC)N(Cc1cccc(OC)c1)C(=O)Cc1cccc(Cl)c1. The van der Waals surface area contributed by atoms with Crippen LogP contribution in [-0.4, -0.2) is 36.4 Å². The average Bonchev–Trinajstić information content (AvgIpc) is 2.74. The summed E-state index contributed by atoms with van der Waals surface area (Å²) < 4.78 is 5.31. The number of carbonyl (C=O) groups excluding carboxylic acids is 2. The molecule has 2 amide bonds. The normalized spacial score (nSPS) is 11.6. The van der Waals surface area contributed by atoms with Crippen molar-refractivity contribution in [3.63, 3.8) is 0 Å². The van der Waals surface area contributed by atoms with E-state index in [0.717, 1.165) is 29.7 Å². The first kappa shape index (κ1) is 23.7. The molecule has 2 aromatic rings. The van der Waals surface area contributed by atoms with Crippen molar-refractivity contribution in [3.05, 3.63) is 64.7 Å². The number of halogens is 1. The van der Waals surface area contributed by atoms with Gasteiger partial charge in [0.1, 0.15) is 11.8 Å². The highest BCUT2D eigenvalue weighted by Gasteiger charge is 2.28. The first-order chi connectivity index (χ1) is 14.5. The number of benzene rings is 2. The van der Waals surface area contributed by atoms with E-state index in [1.807, 2.05) is 43.3 Å². The van der Waals surface area contributed by atoms with Gasteiger partial charge in [-0.15, -0.1) is 0 Å². The third kappa shape index (κ3) is 7.06. The van der Waals surface area contributed by atoms with Gasteiger partial charge in [-0.05, 0) is 48.2 Å². The number of ether oxygens (including phenoxy) is 1. The van der Waals surface area contributed by atoms with Crippen LogP contribution in [-0.2, 0) is 22.6 Å². The smallest absolute Gasteiger partial charge is 0.242 e. The molecule has 0 fully saturated rings. The Balaban J connectivity index is 2.26. The highest BCUT2D eigenvalue weighted by molar-refractivity contribution is 6.30.